The van der Waals surface area contributed by atoms with Crippen LogP contribution in [-0.2, 0) is 0 Å². The van der Waals surface area contributed by atoms with Crippen LogP contribution in [0.15, 0.2) is 4.99 Å². The van der Waals surface area contributed by atoms with Crippen LogP contribution >= 0.6 is 0 Å². The summed E-state index contributed by atoms with van der Waals surface area (Å²) >= 11 is 0. The maximum Gasteiger partial charge on any atom is 0.0966 e. The van der Waals surface area contributed by atoms with Crippen LogP contribution in [0.1, 0.15) is 47.0 Å². The zero-order valence-electron chi connectivity index (χ0n) is 9.30. The lowest BCUT2D eigenvalue weighted by Gasteiger charge is -2.24. The maximum absolute atomic E-state index is 5.87. The Morgan fingerprint density at radius 3 is 2.46 bits per heavy atom. The molecular weight excluding hydrogens is 160 g/mol. The van der Waals surface area contributed by atoms with Crippen LogP contribution in [0.4, 0.5) is 0 Å². The van der Waals surface area contributed by atoms with E-state index in [1.54, 1.807) is 0 Å². The average Bonchev–Trinajstić information content (AvgIpc) is 2.30. The minimum absolute atomic E-state index is 0.361. The smallest absolute Gasteiger partial charge is 0.0966 e. The van der Waals surface area contributed by atoms with Crippen molar-refractivity contribution >= 4 is 5.84 Å². The standard InChI is InChI=1S/C11H22N2/c1-8(2)10(12)13-9-6-5-7-11(9,3)4/h8-9H,5-7H2,1-4H3,(H2,12,13). The molecule has 0 aromatic rings. The lowest BCUT2D eigenvalue weighted by atomic mass is 9.88. The Balaban J connectivity index is 2.68. The van der Waals surface area contributed by atoms with Crippen LogP contribution in [-0.4, -0.2) is 11.9 Å². The SMILES string of the molecule is CC(C)C(N)=NC1CCCC1(C)C. The van der Waals surface area contributed by atoms with Gasteiger partial charge in [-0.15, -0.1) is 0 Å². The van der Waals surface area contributed by atoms with Crippen molar-refractivity contribution in [3.05, 3.63) is 0 Å². The summed E-state index contributed by atoms with van der Waals surface area (Å²) in [6.45, 7) is 8.78. The summed E-state index contributed by atoms with van der Waals surface area (Å²) < 4.78 is 0. The van der Waals surface area contributed by atoms with Gasteiger partial charge in [0.1, 0.15) is 0 Å². The molecule has 1 atom stereocenters. The van der Waals surface area contributed by atoms with Gasteiger partial charge in [0.15, 0.2) is 0 Å². The molecule has 0 radical (unpaired) electrons. The first-order valence-electron chi connectivity index (χ1n) is 5.26. The van der Waals surface area contributed by atoms with E-state index in [0.717, 1.165) is 5.84 Å². The molecule has 0 amide bonds. The number of nitrogens with two attached hydrogens (primary N) is 1. The molecule has 1 aliphatic carbocycles. The largest absolute Gasteiger partial charge is 0.387 e. The molecule has 0 spiro atoms. The van der Waals surface area contributed by atoms with Gasteiger partial charge in [0.05, 0.1) is 11.9 Å². The van der Waals surface area contributed by atoms with Crippen LogP contribution in [0.25, 0.3) is 0 Å². The monoisotopic (exact) mass is 182 g/mol. The highest BCUT2D eigenvalue weighted by molar-refractivity contribution is 5.82. The highest BCUT2D eigenvalue weighted by Crippen LogP contribution is 2.39. The number of nitrogens with zero attached hydrogens (tertiary/aromatic N) is 1. The van der Waals surface area contributed by atoms with Crippen LogP contribution < -0.4 is 5.73 Å². The second kappa shape index (κ2) is 3.69. The molecule has 0 bridgehead atoms. The first-order chi connectivity index (χ1) is 5.93. The van der Waals surface area contributed by atoms with Gasteiger partial charge in [-0.2, -0.15) is 0 Å². The number of hydrogen-bond donors (Lipinski definition) is 1. The predicted octanol–water partition coefficient (Wildman–Crippen LogP) is 2.58. The summed E-state index contributed by atoms with van der Waals surface area (Å²) in [5, 5.41) is 0. The molecule has 1 aliphatic rings. The summed E-state index contributed by atoms with van der Waals surface area (Å²) in [6.07, 6.45) is 3.79. The first-order valence-corrected chi connectivity index (χ1v) is 5.26. The van der Waals surface area contributed by atoms with Gasteiger partial charge in [-0.25, -0.2) is 0 Å². The molecule has 2 nitrogen and oxygen atoms in total. The number of rotatable bonds is 2. The van der Waals surface area contributed by atoms with E-state index < -0.39 is 0 Å². The minimum atomic E-state index is 0.361. The summed E-state index contributed by atoms with van der Waals surface area (Å²) in [7, 11) is 0. The Morgan fingerprint density at radius 1 is 1.46 bits per heavy atom. The number of aliphatic imine (C=N–C) groups is 1. The van der Waals surface area contributed by atoms with Crippen LogP contribution in [0, 0.1) is 11.3 Å². The third kappa shape index (κ3) is 2.45. The Kier molecular flexibility index (Phi) is 2.99. The molecule has 0 aromatic heterocycles. The highest BCUT2D eigenvalue weighted by Gasteiger charge is 2.34. The molecule has 0 heterocycles. The molecule has 0 aromatic carbocycles. The van der Waals surface area contributed by atoms with Gasteiger partial charge in [0.25, 0.3) is 0 Å². The van der Waals surface area contributed by atoms with Crippen molar-refractivity contribution in [1.29, 1.82) is 0 Å². The van der Waals surface area contributed by atoms with Gasteiger partial charge in [0.2, 0.25) is 0 Å². The summed E-state index contributed by atoms with van der Waals surface area (Å²) in [6, 6.07) is 0.454. The number of hydrogen-bond acceptors (Lipinski definition) is 1. The van der Waals surface area contributed by atoms with Crippen molar-refractivity contribution in [2.24, 2.45) is 22.1 Å². The van der Waals surface area contributed by atoms with E-state index in [4.69, 9.17) is 5.73 Å². The van der Waals surface area contributed by atoms with Crippen molar-refractivity contribution < 1.29 is 0 Å². The molecular formula is C11H22N2. The summed E-state index contributed by atoms with van der Waals surface area (Å²) in [5.74, 6) is 1.20. The van der Waals surface area contributed by atoms with Crippen molar-refractivity contribution in [3.8, 4) is 0 Å². The van der Waals surface area contributed by atoms with Crippen molar-refractivity contribution in [1.82, 2.24) is 0 Å². The van der Waals surface area contributed by atoms with Crippen LogP contribution in [0.3, 0.4) is 0 Å². The zero-order chi connectivity index (χ0) is 10.1. The Hall–Kier alpha value is -0.530. The van der Waals surface area contributed by atoms with E-state index in [-0.39, 0.29) is 0 Å². The Morgan fingerprint density at radius 2 is 2.08 bits per heavy atom. The zero-order valence-corrected chi connectivity index (χ0v) is 9.30. The highest BCUT2D eigenvalue weighted by atomic mass is 14.9. The fourth-order valence-electron chi connectivity index (χ4n) is 1.88. The third-order valence-electron chi connectivity index (χ3n) is 3.10. The Bertz CT molecular complexity index is 204. The molecule has 2 N–H and O–H groups in total. The van der Waals surface area contributed by atoms with Gasteiger partial charge in [-0.1, -0.05) is 34.1 Å². The van der Waals surface area contributed by atoms with E-state index in [1.165, 1.54) is 19.3 Å². The maximum atomic E-state index is 5.87. The van der Waals surface area contributed by atoms with Crippen molar-refractivity contribution in [3.63, 3.8) is 0 Å². The minimum Gasteiger partial charge on any atom is -0.387 e. The molecule has 76 valence electrons. The molecule has 13 heavy (non-hydrogen) atoms. The first kappa shape index (κ1) is 10.6. The predicted molar refractivity (Wildman–Crippen MR) is 57.9 cm³/mol. The Labute approximate surface area is 81.6 Å². The second-order valence-electron chi connectivity index (χ2n) is 5.11. The second-order valence-corrected chi connectivity index (χ2v) is 5.11. The van der Waals surface area contributed by atoms with Gasteiger partial charge >= 0.3 is 0 Å². The van der Waals surface area contributed by atoms with Crippen molar-refractivity contribution in [2.45, 2.75) is 53.0 Å². The van der Waals surface area contributed by atoms with E-state index in [9.17, 15) is 0 Å². The fraction of sp³-hybridized carbons (Fsp3) is 0.909. The van der Waals surface area contributed by atoms with Gasteiger partial charge in [0, 0.05) is 5.92 Å². The molecule has 2 heteroatoms. The van der Waals surface area contributed by atoms with E-state index in [0.29, 0.717) is 17.4 Å². The topological polar surface area (TPSA) is 38.4 Å². The van der Waals surface area contributed by atoms with E-state index in [1.807, 2.05) is 0 Å². The molecule has 1 fully saturated rings. The van der Waals surface area contributed by atoms with Gasteiger partial charge < -0.3 is 5.73 Å². The third-order valence-corrected chi connectivity index (χ3v) is 3.10. The van der Waals surface area contributed by atoms with Crippen LogP contribution in [0.2, 0.25) is 0 Å². The van der Waals surface area contributed by atoms with Crippen molar-refractivity contribution in [2.75, 3.05) is 0 Å². The fourth-order valence-corrected chi connectivity index (χ4v) is 1.88. The van der Waals surface area contributed by atoms with E-state index >= 15 is 0 Å². The molecule has 1 saturated carbocycles. The quantitative estimate of drug-likeness (QED) is 0.517. The average molecular weight is 182 g/mol. The molecule has 0 aliphatic heterocycles. The van der Waals surface area contributed by atoms with Gasteiger partial charge in [-0.05, 0) is 18.3 Å². The molecule has 1 unspecified atom stereocenters. The molecule has 0 saturated heterocycles. The lowest BCUT2D eigenvalue weighted by Crippen LogP contribution is -2.27. The van der Waals surface area contributed by atoms with Crippen LogP contribution in [0.5, 0.6) is 0 Å². The summed E-state index contributed by atoms with van der Waals surface area (Å²) in [5.41, 5.74) is 6.23. The van der Waals surface area contributed by atoms with E-state index in [2.05, 4.69) is 32.7 Å². The number of amidine groups is 1. The molecule has 1 rings (SSSR count). The normalized spacial score (nSPS) is 28.4. The lowest BCUT2D eigenvalue weighted by molar-refractivity contribution is 0.333. The summed E-state index contributed by atoms with van der Waals surface area (Å²) in [4.78, 5) is 4.62. The van der Waals surface area contributed by atoms with Gasteiger partial charge in [-0.3, -0.25) is 4.99 Å².